The fourth-order valence-corrected chi connectivity index (χ4v) is 2.70. The summed E-state index contributed by atoms with van der Waals surface area (Å²) < 4.78 is 5.72. The smallest absolute Gasteiger partial charge is 0.361 e. The van der Waals surface area contributed by atoms with Gasteiger partial charge in [-0.05, 0) is 19.1 Å². The molecule has 0 aliphatic rings. The van der Waals surface area contributed by atoms with E-state index in [4.69, 9.17) is 4.74 Å². The first kappa shape index (κ1) is 17.9. The summed E-state index contributed by atoms with van der Waals surface area (Å²) in [6.45, 7) is 1.83. The van der Waals surface area contributed by atoms with Gasteiger partial charge in [0.2, 0.25) is 11.5 Å². The Balaban J connectivity index is 2.12. The maximum atomic E-state index is 13.0. The van der Waals surface area contributed by atoms with E-state index in [1.165, 1.54) is 0 Å². The molecule has 1 aromatic heterocycles. The summed E-state index contributed by atoms with van der Waals surface area (Å²) in [5, 5.41) is 7.91. The van der Waals surface area contributed by atoms with Crippen LogP contribution in [0.2, 0.25) is 0 Å². The topological polar surface area (TPSA) is 82.0 Å². The Hall–Kier alpha value is -2.93. The highest BCUT2D eigenvalue weighted by Crippen LogP contribution is 2.19. The Bertz CT molecular complexity index is 961. The lowest BCUT2D eigenvalue weighted by Crippen LogP contribution is -2.18. The first-order valence-corrected chi connectivity index (χ1v) is 8.67. The zero-order valence-corrected chi connectivity index (χ0v) is 15.4. The molecule has 0 spiro atoms. The number of rotatable bonds is 5. The molecule has 26 heavy (non-hydrogen) atoms. The number of halogens is 1. The molecule has 130 valence electrons. The van der Waals surface area contributed by atoms with Gasteiger partial charge in [0.1, 0.15) is 5.69 Å². The van der Waals surface area contributed by atoms with Gasteiger partial charge in [0.15, 0.2) is 5.82 Å². The molecule has 1 heterocycles. The lowest BCUT2D eigenvalue weighted by Gasteiger charge is -2.08. The van der Waals surface area contributed by atoms with Gasteiger partial charge >= 0.3 is 5.97 Å². The second-order valence-electron chi connectivity index (χ2n) is 5.26. The van der Waals surface area contributed by atoms with Crippen LogP contribution in [0, 0.1) is 0 Å². The normalized spacial score (nSPS) is 10.4. The maximum absolute atomic E-state index is 13.0. The predicted octanol–water partition coefficient (Wildman–Crippen LogP) is 3.71. The quantitative estimate of drug-likeness (QED) is 0.470. The van der Waals surface area contributed by atoms with Crippen LogP contribution < -0.4 is 0 Å². The van der Waals surface area contributed by atoms with Crippen molar-refractivity contribution in [1.29, 1.82) is 0 Å². The van der Waals surface area contributed by atoms with Crippen LogP contribution in [0.5, 0.6) is 0 Å². The molecule has 7 heteroatoms. The molecule has 0 N–H and O–H groups in total. The van der Waals surface area contributed by atoms with E-state index < -0.39 is 11.8 Å². The number of hydrogen-bond donors (Lipinski definition) is 0. The number of benzene rings is 2. The molecule has 2 aromatic carbocycles. The Morgan fingerprint density at radius 3 is 2.46 bits per heavy atom. The third-order valence-electron chi connectivity index (χ3n) is 3.49. The zero-order valence-electron chi connectivity index (χ0n) is 13.8. The average Bonchev–Trinajstić information content (AvgIpc) is 2.68. The molecule has 0 fully saturated rings. The summed E-state index contributed by atoms with van der Waals surface area (Å²) in [7, 11) is 0. The van der Waals surface area contributed by atoms with Crippen molar-refractivity contribution < 1.29 is 14.3 Å². The molecule has 0 aliphatic carbocycles. The third kappa shape index (κ3) is 3.83. The highest BCUT2D eigenvalue weighted by Gasteiger charge is 2.25. The van der Waals surface area contributed by atoms with E-state index in [1.54, 1.807) is 43.3 Å². The molecule has 0 saturated carbocycles. The lowest BCUT2D eigenvalue weighted by molar-refractivity contribution is 0.0514. The van der Waals surface area contributed by atoms with Crippen LogP contribution in [0.25, 0.3) is 11.4 Å². The van der Waals surface area contributed by atoms with E-state index in [-0.39, 0.29) is 23.8 Å². The van der Waals surface area contributed by atoms with Gasteiger partial charge in [0.05, 0.1) is 6.61 Å². The van der Waals surface area contributed by atoms with Crippen LogP contribution in [0.4, 0.5) is 0 Å². The summed E-state index contributed by atoms with van der Waals surface area (Å²) in [4.78, 5) is 29.5. The van der Waals surface area contributed by atoms with Crippen molar-refractivity contribution in [3.8, 4) is 11.4 Å². The summed E-state index contributed by atoms with van der Waals surface area (Å²) in [6.07, 6.45) is 0. The summed E-state index contributed by atoms with van der Waals surface area (Å²) >= 11 is 3.33. The van der Waals surface area contributed by atoms with Gasteiger partial charge in [-0.1, -0.05) is 58.4 Å². The third-order valence-corrected chi connectivity index (χ3v) is 3.98. The van der Waals surface area contributed by atoms with Crippen LogP contribution in [0.15, 0.2) is 59.1 Å². The molecule has 0 saturated heterocycles. The zero-order chi connectivity index (χ0) is 18.5. The molecule has 3 aromatic rings. The van der Waals surface area contributed by atoms with Crippen molar-refractivity contribution in [2.75, 3.05) is 6.61 Å². The van der Waals surface area contributed by atoms with Crippen LogP contribution in [0.1, 0.15) is 33.5 Å². The molecular weight excluding hydrogens is 398 g/mol. The van der Waals surface area contributed by atoms with Crippen LogP contribution >= 0.6 is 15.9 Å². The first-order chi connectivity index (χ1) is 12.6. The van der Waals surface area contributed by atoms with Gasteiger partial charge in [-0.2, -0.15) is 0 Å². The van der Waals surface area contributed by atoms with Crippen molar-refractivity contribution in [2.24, 2.45) is 0 Å². The minimum absolute atomic E-state index is 0.0876. The molecule has 0 amide bonds. The molecule has 0 bridgehead atoms. The SMILES string of the molecule is CCOC(=O)c1nnc(-c2ccccc2)nc1C(=O)c1cccc(Br)c1. The Morgan fingerprint density at radius 1 is 1.00 bits per heavy atom. The molecule has 3 rings (SSSR count). The van der Waals surface area contributed by atoms with Gasteiger partial charge in [0.25, 0.3) is 0 Å². The fraction of sp³-hybridized carbons (Fsp3) is 0.105. The Kier molecular flexibility index (Phi) is 5.48. The van der Waals surface area contributed by atoms with Gasteiger partial charge in [-0.15, -0.1) is 10.2 Å². The minimum Gasteiger partial charge on any atom is -0.461 e. The average molecular weight is 412 g/mol. The molecule has 0 radical (unpaired) electrons. The van der Waals surface area contributed by atoms with Crippen molar-refractivity contribution >= 4 is 27.7 Å². The summed E-state index contributed by atoms with van der Waals surface area (Å²) in [5.74, 6) is -0.899. The monoisotopic (exact) mass is 411 g/mol. The molecule has 0 unspecified atom stereocenters. The van der Waals surface area contributed by atoms with Crippen LogP contribution in [0.3, 0.4) is 0 Å². The van der Waals surface area contributed by atoms with E-state index in [0.717, 1.165) is 4.47 Å². The number of esters is 1. The second kappa shape index (κ2) is 7.97. The van der Waals surface area contributed by atoms with E-state index >= 15 is 0 Å². The maximum Gasteiger partial charge on any atom is 0.361 e. The van der Waals surface area contributed by atoms with Crippen molar-refractivity contribution in [3.05, 3.63) is 76.0 Å². The van der Waals surface area contributed by atoms with Gasteiger partial charge in [-0.25, -0.2) is 9.78 Å². The number of aromatic nitrogens is 3. The molecule has 0 atom stereocenters. The number of ketones is 1. The number of nitrogens with zero attached hydrogens (tertiary/aromatic N) is 3. The predicted molar refractivity (Wildman–Crippen MR) is 98.8 cm³/mol. The molecular formula is C19H14BrN3O3. The Labute approximate surface area is 158 Å². The van der Waals surface area contributed by atoms with Crippen LogP contribution in [-0.4, -0.2) is 33.5 Å². The number of hydrogen-bond acceptors (Lipinski definition) is 6. The van der Waals surface area contributed by atoms with Crippen molar-refractivity contribution in [1.82, 2.24) is 15.2 Å². The van der Waals surface area contributed by atoms with Gasteiger partial charge in [-0.3, -0.25) is 4.79 Å². The number of ether oxygens (including phenoxy) is 1. The molecule has 6 nitrogen and oxygen atoms in total. The first-order valence-electron chi connectivity index (χ1n) is 7.87. The van der Waals surface area contributed by atoms with E-state index in [2.05, 4.69) is 31.1 Å². The Morgan fingerprint density at radius 2 is 1.77 bits per heavy atom. The van der Waals surface area contributed by atoms with E-state index in [0.29, 0.717) is 11.1 Å². The lowest BCUT2D eigenvalue weighted by atomic mass is 10.1. The van der Waals surface area contributed by atoms with Crippen LogP contribution in [-0.2, 0) is 4.74 Å². The summed E-state index contributed by atoms with van der Waals surface area (Å²) in [6, 6.07) is 15.9. The van der Waals surface area contributed by atoms with Crippen molar-refractivity contribution in [2.45, 2.75) is 6.92 Å². The summed E-state index contributed by atoms with van der Waals surface area (Å²) in [5.41, 5.74) is 0.787. The second-order valence-corrected chi connectivity index (χ2v) is 6.17. The standard InChI is InChI=1S/C19H14BrN3O3/c1-2-26-19(25)16-15(17(24)13-9-6-10-14(20)11-13)21-18(23-22-16)12-7-4-3-5-8-12/h3-11H,2H2,1H3. The van der Waals surface area contributed by atoms with Gasteiger partial charge in [0, 0.05) is 15.6 Å². The minimum atomic E-state index is -0.731. The largest absolute Gasteiger partial charge is 0.461 e. The number of carbonyl (C=O) groups is 2. The van der Waals surface area contributed by atoms with E-state index in [9.17, 15) is 9.59 Å². The molecule has 0 aliphatic heterocycles. The highest BCUT2D eigenvalue weighted by atomic mass is 79.9. The highest BCUT2D eigenvalue weighted by molar-refractivity contribution is 9.10. The number of carbonyl (C=O) groups excluding carboxylic acids is 2. The van der Waals surface area contributed by atoms with E-state index in [1.807, 2.05) is 18.2 Å². The van der Waals surface area contributed by atoms with Gasteiger partial charge < -0.3 is 4.74 Å². The van der Waals surface area contributed by atoms with Crippen molar-refractivity contribution in [3.63, 3.8) is 0 Å². The fourth-order valence-electron chi connectivity index (χ4n) is 2.30.